The van der Waals surface area contributed by atoms with Gasteiger partial charge >= 0.3 is 12.1 Å². The van der Waals surface area contributed by atoms with Gasteiger partial charge in [-0.3, -0.25) is 4.68 Å². The van der Waals surface area contributed by atoms with Crippen molar-refractivity contribution in [1.82, 2.24) is 9.78 Å². The minimum Gasteiger partial charge on any atom is -0.382 e. The Balaban J connectivity index is 2.32. The standard InChI is InChI=1S/C10H12F5N3O/c1-19-6-2-5(3-6)18-7(4-8(16)17-18)9(11,12)10(13,14)15/h4-6H,2-3H2,1H3,(H2,16,17). The van der Waals surface area contributed by atoms with Gasteiger partial charge in [-0.05, 0) is 12.8 Å². The monoisotopic (exact) mass is 285 g/mol. The molecule has 1 saturated carbocycles. The molecule has 2 N–H and O–H groups in total. The third-order valence-electron chi connectivity index (χ3n) is 3.18. The van der Waals surface area contributed by atoms with Crippen molar-refractivity contribution in [3.8, 4) is 0 Å². The first-order valence-corrected chi connectivity index (χ1v) is 5.49. The molecule has 19 heavy (non-hydrogen) atoms. The number of halogens is 5. The molecule has 0 aromatic carbocycles. The summed E-state index contributed by atoms with van der Waals surface area (Å²) >= 11 is 0. The maximum Gasteiger partial charge on any atom is 0.459 e. The Bertz CT molecular complexity index is 464. The predicted octanol–water partition coefficient (Wildman–Crippen LogP) is 2.47. The van der Waals surface area contributed by atoms with Crippen molar-refractivity contribution in [2.45, 2.75) is 37.1 Å². The molecule has 1 heterocycles. The van der Waals surface area contributed by atoms with Crippen LogP contribution in [0.2, 0.25) is 0 Å². The lowest BCUT2D eigenvalue weighted by atomic mass is 9.89. The summed E-state index contributed by atoms with van der Waals surface area (Å²) in [7, 11) is 1.45. The maximum absolute atomic E-state index is 13.4. The van der Waals surface area contributed by atoms with E-state index in [1.54, 1.807) is 0 Å². The number of aromatic nitrogens is 2. The van der Waals surface area contributed by atoms with E-state index in [-0.39, 0.29) is 11.9 Å². The van der Waals surface area contributed by atoms with Crippen LogP contribution in [-0.2, 0) is 10.7 Å². The first-order valence-electron chi connectivity index (χ1n) is 5.49. The number of nitrogens with zero attached hydrogens (tertiary/aromatic N) is 2. The van der Waals surface area contributed by atoms with E-state index in [0.717, 1.165) is 0 Å². The number of hydrogen-bond donors (Lipinski definition) is 1. The van der Waals surface area contributed by atoms with Gasteiger partial charge in [0.05, 0.1) is 12.1 Å². The fourth-order valence-electron chi connectivity index (χ4n) is 2.00. The van der Waals surface area contributed by atoms with E-state index in [1.165, 1.54) is 7.11 Å². The quantitative estimate of drug-likeness (QED) is 0.868. The van der Waals surface area contributed by atoms with Gasteiger partial charge in [0.25, 0.3) is 0 Å². The molecule has 0 spiro atoms. The van der Waals surface area contributed by atoms with Crippen molar-refractivity contribution in [3.05, 3.63) is 11.8 Å². The van der Waals surface area contributed by atoms with Crippen LogP contribution in [0.25, 0.3) is 0 Å². The Labute approximate surface area is 105 Å². The molecular weight excluding hydrogens is 273 g/mol. The third kappa shape index (κ3) is 2.26. The lowest BCUT2D eigenvalue weighted by molar-refractivity contribution is -0.292. The number of alkyl halides is 5. The molecule has 1 aromatic heterocycles. The van der Waals surface area contributed by atoms with Crippen molar-refractivity contribution in [1.29, 1.82) is 0 Å². The second-order valence-corrected chi connectivity index (χ2v) is 4.45. The van der Waals surface area contributed by atoms with Gasteiger partial charge in [-0.2, -0.15) is 27.1 Å². The zero-order valence-electron chi connectivity index (χ0n) is 9.92. The highest BCUT2D eigenvalue weighted by Crippen LogP contribution is 2.46. The van der Waals surface area contributed by atoms with Gasteiger partial charge < -0.3 is 10.5 Å². The van der Waals surface area contributed by atoms with Crippen molar-refractivity contribution in [2.75, 3.05) is 12.8 Å². The number of rotatable bonds is 3. The zero-order chi connectivity index (χ0) is 14.4. The summed E-state index contributed by atoms with van der Waals surface area (Å²) in [6.45, 7) is 0. The maximum atomic E-state index is 13.4. The van der Waals surface area contributed by atoms with E-state index in [9.17, 15) is 22.0 Å². The predicted molar refractivity (Wildman–Crippen MR) is 55.7 cm³/mol. The largest absolute Gasteiger partial charge is 0.459 e. The normalized spacial score (nSPS) is 24.3. The molecule has 1 fully saturated rings. The number of methoxy groups -OCH3 is 1. The van der Waals surface area contributed by atoms with Gasteiger partial charge in [0, 0.05) is 13.2 Å². The highest BCUT2D eigenvalue weighted by Gasteiger charge is 2.61. The summed E-state index contributed by atoms with van der Waals surface area (Å²) in [5, 5.41) is 3.54. The van der Waals surface area contributed by atoms with Gasteiger partial charge in [-0.25, -0.2) is 0 Å². The van der Waals surface area contributed by atoms with Crippen molar-refractivity contribution >= 4 is 5.82 Å². The molecule has 4 nitrogen and oxygen atoms in total. The zero-order valence-corrected chi connectivity index (χ0v) is 9.92. The molecule has 1 aromatic rings. The molecular formula is C10H12F5N3O. The molecule has 2 rings (SSSR count). The Morgan fingerprint density at radius 3 is 2.37 bits per heavy atom. The summed E-state index contributed by atoms with van der Waals surface area (Å²) in [5.74, 6) is -5.34. The van der Waals surface area contributed by atoms with Gasteiger partial charge in [-0.15, -0.1) is 0 Å². The van der Waals surface area contributed by atoms with Crippen LogP contribution in [0.5, 0.6) is 0 Å². The summed E-state index contributed by atoms with van der Waals surface area (Å²) < 4.78 is 69.5. The van der Waals surface area contributed by atoms with Gasteiger partial charge in [-0.1, -0.05) is 0 Å². The number of nitrogens with two attached hydrogens (primary N) is 1. The number of anilines is 1. The Hall–Kier alpha value is -1.38. The minimum atomic E-state index is -5.68. The summed E-state index contributed by atoms with van der Waals surface area (Å²) in [6.07, 6.45) is -5.17. The van der Waals surface area contributed by atoms with Crippen LogP contribution in [-0.4, -0.2) is 29.2 Å². The van der Waals surface area contributed by atoms with E-state index in [1.807, 2.05) is 0 Å². The first kappa shape index (κ1) is 14.0. The summed E-state index contributed by atoms with van der Waals surface area (Å²) in [5.41, 5.74) is 4.01. The third-order valence-corrected chi connectivity index (χ3v) is 3.18. The van der Waals surface area contributed by atoms with Crippen LogP contribution in [0, 0.1) is 0 Å². The van der Waals surface area contributed by atoms with Crippen molar-refractivity contribution < 1.29 is 26.7 Å². The molecule has 0 unspecified atom stereocenters. The smallest absolute Gasteiger partial charge is 0.382 e. The molecule has 0 atom stereocenters. The molecule has 0 radical (unpaired) electrons. The minimum absolute atomic E-state index is 0.150. The van der Waals surface area contributed by atoms with Crippen LogP contribution in [0.15, 0.2) is 6.07 Å². The Morgan fingerprint density at radius 2 is 1.89 bits per heavy atom. The average molecular weight is 285 g/mol. The first-order chi connectivity index (χ1) is 8.66. The van der Waals surface area contributed by atoms with Crippen LogP contribution < -0.4 is 5.73 Å². The van der Waals surface area contributed by atoms with Crippen molar-refractivity contribution in [2.24, 2.45) is 0 Å². The van der Waals surface area contributed by atoms with Crippen molar-refractivity contribution in [3.63, 3.8) is 0 Å². The fourth-order valence-corrected chi connectivity index (χ4v) is 2.00. The van der Waals surface area contributed by atoms with Gasteiger partial charge in [0.15, 0.2) is 0 Å². The molecule has 0 saturated heterocycles. The highest BCUT2D eigenvalue weighted by atomic mass is 19.4. The van der Waals surface area contributed by atoms with Crippen LogP contribution in [0.1, 0.15) is 24.6 Å². The van der Waals surface area contributed by atoms with E-state index in [4.69, 9.17) is 10.5 Å². The van der Waals surface area contributed by atoms with E-state index >= 15 is 0 Å². The second kappa shape index (κ2) is 4.32. The van der Waals surface area contributed by atoms with Crippen LogP contribution in [0.4, 0.5) is 27.8 Å². The lowest BCUT2D eigenvalue weighted by Gasteiger charge is -2.36. The van der Waals surface area contributed by atoms with Crippen LogP contribution in [0.3, 0.4) is 0 Å². The molecule has 1 aliphatic carbocycles. The fraction of sp³-hybridized carbons (Fsp3) is 0.700. The molecule has 0 aliphatic heterocycles. The average Bonchev–Trinajstić information content (AvgIpc) is 2.57. The second-order valence-electron chi connectivity index (χ2n) is 4.45. The van der Waals surface area contributed by atoms with E-state index in [0.29, 0.717) is 23.6 Å². The molecule has 0 bridgehead atoms. The topological polar surface area (TPSA) is 53.1 Å². The Kier molecular flexibility index (Phi) is 3.20. The number of hydrogen-bond acceptors (Lipinski definition) is 3. The number of nitrogen functional groups attached to an aromatic ring is 1. The van der Waals surface area contributed by atoms with Gasteiger partial charge in [0.2, 0.25) is 0 Å². The van der Waals surface area contributed by atoms with E-state index in [2.05, 4.69) is 5.10 Å². The van der Waals surface area contributed by atoms with Gasteiger partial charge in [0.1, 0.15) is 11.5 Å². The molecule has 9 heteroatoms. The Morgan fingerprint density at radius 1 is 1.32 bits per heavy atom. The highest BCUT2D eigenvalue weighted by molar-refractivity contribution is 5.33. The van der Waals surface area contributed by atoms with Crippen LogP contribution >= 0.6 is 0 Å². The van der Waals surface area contributed by atoms with E-state index < -0.39 is 23.8 Å². The number of ether oxygens (including phenoxy) is 1. The molecule has 0 amide bonds. The SMILES string of the molecule is COC1CC(n2nc(N)cc2C(F)(F)C(F)(F)F)C1. The molecule has 1 aliphatic rings. The summed E-state index contributed by atoms with van der Waals surface area (Å²) in [4.78, 5) is 0. The summed E-state index contributed by atoms with van der Waals surface area (Å²) in [6, 6.07) is 0.0126. The molecule has 108 valence electrons. The lowest BCUT2D eigenvalue weighted by Crippen LogP contribution is -2.40.